The van der Waals surface area contributed by atoms with Gasteiger partial charge in [0.15, 0.2) is 0 Å². The molecule has 0 fully saturated rings. The van der Waals surface area contributed by atoms with Crippen molar-refractivity contribution in [3.8, 4) is 0 Å². The van der Waals surface area contributed by atoms with Crippen LogP contribution in [0.3, 0.4) is 0 Å². The summed E-state index contributed by atoms with van der Waals surface area (Å²) in [5, 5.41) is 21.3. The second kappa shape index (κ2) is 15.8. The number of hydrogen-bond acceptors (Lipinski definition) is 6. The monoisotopic (exact) mass is 736 g/mol. The second-order valence-electron chi connectivity index (χ2n) is 14.8. The Morgan fingerprint density at radius 1 is 0.796 bits per heavy atom. The van der Waals surface area contributed by atoms with Crippen molar-refractivity contribution in [1.82, 2.24) is 20.5 Å². The highest BCUT2D eigenvalue weighted by atomic mass is 32.2. The zero-order valence-electron chi connectivity index (χ0n) is 30.7. The molecule has 0 bridgehead atoms. The van der Waals surface area contributed by atoms with Crippen LogP contribution in [-0.2, 0) is 19.4 Å². The summed E-state index contributed by atoms with van der Waals surface area (Å²) in [5.41, 5.74) is 4.26. The molecule has 9 heteroatoms. The Balaban J connectivity index is 1.11. The Hall–Kier alpha value is -5.51. The van der Waals surface area contributed by atoms with Gasteiger partial charge in [-0.1, -0.05) is 84.9 Å². The van der Waals surface area contributed by atoms with E-state index in [2.05, 4.69) is 45.9 Å². The number of benzene rings is 5. The third kappa shape index (κ3) is 8.48. The molecule has 5 aromatic carbocycles. The van der Waals surface area contributed by atoms with E-state index in [0.717, 1.165) is 37.7 Å². The van der Waals surface area contributed by atoms with Crippen molar-refractivity contribution in [3.05, 3.63) is 155 Å². The molecule has 54 heavy (non-hydrogen) atoms. The third-order valence-corrected chi connectivity index (χ3v) is 10.8. The van der Waals surface area contributed by atoms with E-state index < -0.39 is 17.7 Å². The number of hydrogen-bond donors (Lipinski definition) is 3. The SMILES string of the molecule is CC(C)(C)NC(=O)c1ccccc1C[C@@H](O)[C@H](CSc1ccc2ccccc2c1)NC(=O)c1cccc2c1CCN(C(=O)c1ccc3ccccc3n1)C2. The maximum atomic E-state index is 14.2. The van der Waals surface area contributed by atoms with E-state index in [1.807, 2.05) is 99.6 Å². The lowest BCUT2D eigenvalue weighted by Crippen LogP contribution is -2.47. The molecule has 1 aliphatic heterocycles. The molecule has 0 spiro atoms. The number of fused-ring (bicyclic) bond motifs is 3. The Labute approximate surface area is 320 Å². The first-order valence-corrected chi connectivity index (χ1v) is 19.3. The summed E-state index contributed by atoms with van der Waals surface area (Å²) < 4.78 is 0. The van der Waals surface area contributed by atoms with Gasteiger partial charge in [0.25, 0.3) is 17.7 Å². The molecule has 2 atom stereocenters. The number of aliphatic hydroxyl groups is 1. The number of aromatic nitrogens is 1. The number of pyridine rings is 1. The van der Waals surface area contributed by atoms with Crippen LogP contribution in [0.2, 0.25) is 0 Å². The lowest BCUT2D eigenvalue weighted by molar-refractivity contribution is 0.0728. The number of para-hydroxylation sites is 1. The van der Waals surface area contributed by atoms with Crippen LogP contribution in [0.25, 0.3) is 21.7 Å². The van der Waals surface area contributed by atoms with Gasteiger partial charge >= 0.3 is 0 Å². The van der Waals surface area contributed by atoms with Crippen LogP contribution in [0.4, 0.5) is 0 Å². The van der Waals surface area contributed by atoms with Crippen LogP contribution in [0.1, 0.15) is 68.7 Å². The van der Waals surface area contributed by atoms with E-state index in [1.54, 1.807) is 28.8 Å². The van der Waals surface area contributed by atoms with Crippen molar-refractivity contribution in [3.63, 3.8) is 0 Å². The highest BCUT2D eigenvalue weighted by Crippen LogP contribution is 2.28. The molecule has 0 saturated heterocycles. The highest BCUT2D eigenvalue weighted by molar-refractivity contribution is 7.99. The standard InChI is InChI=1S/C45H44N4O4S/c1-45(2,3)48-43(52)36-16-8-6-14-32(36)26-41(50)40(28-54-34-21-19-29-11-4-5-13-31(29)25-34)47-42(51)37-17-10-15-33-27-49(24-23-35(33)37)44(53)39-22-20-30-12-7-9-18-38(30)46-39/h4-22,25,40-41,50H,23-24,26-28H2,1-3H3,(H,47,51)(H,48,52)/t40-,41+/m0/s1. The quantitative estimate of drug-likeness (QED) is 0.125. The summed E-state index contributed by atoms with van der Waals surface area (Å²) in [6.07, 6.45) is -0.315. The predicted octanol–water partition coefficient (Wildman–Crippen LogP) is 7.61. The van der Waals surface area contributed by atoms with Gasteiger partial charge in [0.2, 0.25) is 0 Å². The van der Waals surface area contributed by atoms with Crippen molar-refractivity contribution >= 4 is 51.2 Å². The van der Waals surface area contributed by atoms with Crippen LogP contribution in [-0.4, -0.2) is 62.7 Å². The summed E-state index contributed by atoms with van der Waals surface area (Å²) in [6.45, 7) is 6.59. The highest BCUT2D eigenvalue weighted by Gasteiger charge is 2.29. The number of carbonyl (C=O) groups excluding carboxylic acids is 3. The molecule has 3 N–H and O–H groups in total. The molecule has 0 saturated carbocycles. The number of nitrogens with one attached hydrogen (secondary N) is 2. The average Bonchev–Trinajstić information content (AvgIpc) is 3.17. The second-order valence-corrected chi connectivity index (χ2v) is 15.9. The molecule has 0 aliphatic carbocycles. The molecular weight excluding hydrogens is 693 g/mol. The Morgan fingerprint density at radius 3 is 2.31 bits per heavy atom. The molecule has 0 radical (unpaired) electrons. The predicted molar refractivity (Wildman–Crippen MR) is 216 cm³/mol. The Kier molecular flexibility index (Phi) is 10.8. The molecule has 3 amide bonds. The maximum Gasteiger partial charge on any atom is 0.272 e. The van der Waals surface area contributed by atoms with Crippen LogP contribution in [0.15, 0.2) is 126 Å². The van der Waals surface area contributed by atoms with Gasteiger partial charge in [-0.2, -0.15) is 0 Å². The number of carbonyl (C=O) groups is 3. The van der Waals surface area contributed by atoms with Gasteiger partial charge in [-0.15, -0.1) is 11.8 Å². The molecule has 2 heterocycles. The van der Waals surface area contributed by atoms with Crippen molar-refractivity contribution in [2.24, 2.45) is 0 Å². The summed E-state index contributed by atoms with van der Waals surface area (Å²) in [7, 11) is 0. The molecule has 1 aliphatic rings. The fraction of sp³-hybridized carbons (Fsp3) is 0.244. The van der Waals surface area contributed by atoms with Crippen molar-refractivity contribution < 1.29 is 19.5 Å². The summed E-state index contributed by atoms with van der Waals surface area (Å²) in [4.78, 5) is 48.4. The summed E-state index contributed by atoms with van der Waals surface area (Å²) >= 11 is 1.56. The lowest BCUT2D eigenvalue weighted by Gasteiger charge is -2.30. The molecule has 8 nitrogen and oxygen atoms in total. The van der Waals surface area contributed by atoms with Gasteiger partial charge < -0.3 is 20.6 Å². The van der Waals surface area contributed by atoms with Gasteiger partial charge in [0, 0.05) is 52.2 Å². The van der Waals surface area contributed by atoms with Crippen LogP contribution in [0, 0.1) is 0 Å². The number of rotatable bonds is 10. The van der Waals surface area contributed by atoms with Gasteiger partial charge in [0.1, 0.15) is 5.69 Å². The zero-order valence-corrected chi connectivity index (χ0v) is 31.5. The minimum absolute atomic E-state index is 0.147. The van der Waals surface area contributed by atoms with Gasteiger partial charge in [0.05, 0.1) is 17.7 Å². The summed E-state index contributed by atoms with van der Waals surface area (Å²) in [5.74, 6) is -0.245. The van der Waals surface area contributed by atoms with Crippen LogP contribution in [0.5, 0.6) is 0 Å². The normalized spacial score (nSPS) is 14.0. The molecule has 6 aromatic rings. The van der Waals surface area contributed by atoms with Crippen LogP contribution >= 0.6 is 11.8 Å². The maximum absolute atomic E-state index is 14.2. The fourth-order valence-corrected chi connectivity index (χ4v) is 8.03. The smallest absolute Gasteiger partial charge is 0.272 e. The zero-order chi connectivity index (χ0) is 37.8. The van der Waals surface area contributed by atoms with Gasteiger partial charge in [-0.3, -0.25) is 14.4 Å². The first-order valence-electron chi connectivity index (χ1n) is 18.3. The fourth-order valence-electron chi connectivity index (χ4n) is 6.98. The Morgan fingerprint density at radius 2 is 1.50 bits per heavy atom. The van der Waals surface area contributed by atoms with Crippen LogP contribution < -0.4 is 10.6 Å². The topological polar surface area (TPSA) is 112 Å². The summed E-state index contributed by atoms with van der Waals surface area (Å²) in [6, 6.07) is 38.0. The minimum Gasteiger partial charge on any atom is -0.391 e. The minimum atomic E-state index is -0.993. The number of amides is 3. The van der Waals surface area contributed by atoms with E-state index >= 15 is 0 Å². The van der Waals surface area contributed by atoms with E-state index in [9.17, 15) is 19.5 Å². The molecule has 274 valence electrons. The van der Waals surface area contributed by atoms with E-state index in [4.69, 9.17) is 0 Å². The number of nitrogens with zero attached hydrogens (tertiary/aromatic N) is 2. The first kappa shape index (κ1) is 36.8. The van der Waals surface area contributed by atoms with Gasteiger partial charge in [-0.25, -0.2) is 4.98 Å². The molecule has 0 unspecified atom stereocenters. The Bertz CT molecular complexity index is 2350. The molecule has 1 aromatic heterocycles. The first-order chi connectivity index (χ1) is 26.0. The van der Waals surface area contributed by atoms with Gasteiger partial charge in [-0.05, 0) is 91.1 Å². The largest absolute Gasteiger partial charge is 0.391 e. The average molecular weight is 737 g/mol. The van der Waals surface area contributed by atoms with Crippen molar-refractivity contribution in [2.75, 3.05) is 12.3 Å². The number of aliphatic hydroxyl groups excluding tert-OH is 1. The molecule has 7 rings (SSSR count). The molecular formula is C45H44N4O4S. The van der Waals surface area contributed by atoms with E-state index in [0.29, 0.717) is 47.6 Å². The lowest BCUT2D eigenvalue weighted by atomic mass is 9.93. The van der Waals surface area contributed by atoms with E-state index in [1.165, 1.54) is 0 Å². The van der Waals surface area contributed by atoms with Crippen molar-refractivity contribution in [1.29, 1.82) is 0 Å². The third-order valence-electron chi connectivity index (χ3n) is 9.73. The number of thioether (sulfide) groups is 1. The van der Waals surface area contributed by atoms with E-state index in [-0.39, 0.29) is 24.1 Å². The van der Waals surface area contributed by atoms with Crippen molar-refractivity contribution in [2.45, 2.75) is 62.7 Å².